The van der Waals surface area contributed by atoms with Crippen molar-refractivity contribution in [3.63, 3.8) is 0 Å². The number of nitrogens with two attached hydrogens (primary N) is 2. The zero-order valence-electron chi connectivity index (χ0n) is 17.8. The smallest absolute Gasteiger partial charge is 0.331 e. The Kier molecular flexibility index (Phi) is 11.3. The second-order valence-corrected chi connectivity index (χ2v) is 6.92. The molecule has 33 heavy (non-hydrogen) atoms. The topological polar surface area (TPSA) is 235 Å². The second kappa shape index (κ2) is 13.6. The predicted octanol–water partition coefficient (Wildman–Crippen LogP) is -3.51. The van der Waals surface area contributed by atoms with Gasteiger partial charge in [0.15, 0.2) is 6.04 Å². The van der Waals surface area contributed by atoms with Crippen LogP contribution in [-0.4, -0.2) is 70.8 Å². The zero-order valence-corrected chi connectivity index (χ0v) is 17.8. The van der Waals surface area contributed by atoms with Gasteiger partial charge in [-0.15, -0.1) is 0 Å². The maximum atomic E-state index is 12.3. The molecule has 0 bridgehead atoms. The Hall–Kier alpha value is -3.75. The van der Waals surface area contributed by atoms with Crippen molar-refractivity contribution in [3.05, 3.63) is 35.9 Å². The number of benzene rings is 1. The summed E-state index contributed by atoms with van der Waals surface area (Å²) < 4.78 is 5.09. The number of hydrogen-bond acceptors (Lipinski definition) is 9. The third-order valence-electron chi connectivity index (χ3n) is 4.12. The van der Waals surface area contributed by atoms with E-state index in [0.717, 1.165) is 0 Å². The average molecular weight is 468 g/mol. The molecule has 0 aliphatic heterocycles. The van der Waals surface area contributed by atoms with Gasteiger partial charge in [-0.3, -0.25) is 25.2 Å². The molecule has 14 nitrogen and oxygen atoms in total. The molecule has 4 atom stereocenters. The molecule has 0 saturated carbocycles. The van der Waals surface area contributed by atoms with E-state index in [1.165, 1.54) is 6.92 Å². The van der Waals surface area contributed by atoms with Gasteiger partial charge in [-0.1, -0.05) is 30.3 Å². The molecule has 0 aromatic heterocycles. The van der Waals surface area contributed by atoms with Gasteiger partial charge in [0.25, 0.3) is 11.8 Å². The Labute approximate surface area is 189 Å². The van der Waals surface area contributed by atoms with E-state index >= 15 is 0 Å². The van der Waals surface area contributed by atoms with Gasteiger partial charge in [0.05, 0.1) is 19.1 Å². The molecule has 0 heterocycles. The van der Waals surface area contributed by atoms with Crippen LogP contribution < -0.4 is 33.0 Å². The first-order valence-corrected chi connectivity index (χ1v) is 9.75. The maximum Gasteiger partial charge on any atom is 0.331 e. The quantitative estimate of drug-likeness (QED) is 0.119. The number of hydrogen-bond donors (Lipinski definition) is 8. The Balaban J connectivity index is 2.73. The number of carbonyl (C=O) groups is 5. The highest BCUT2D eigenvalue weighted by Gasteiger charge is 2.30. The fourth-order valence-electron chi connectivity index (χ4n) is 2.33. The van der Waals surface area contributed by atoms with Crippen LogP contribution in [0.1, 0.15) is 18.9 Å². The highest BCUT2D eigenvalue weighted by molar-refractivity contribution is 5.93. The van der Waals surface area contributed by atoms with Gasteiger partial charge < -0.3 is 37.1 Å². The lowest BCUT2D eigenvalue weighted by Crippen LogP contribution is -2.59. The third kappa shape index (κ3) is 9.94. The Morgan fingerprint density at radius 3 is 2.18 bits per heavy atom. The monoisotopic (exact) mass is 468 g/mol. The molecular formula is C19H28N6O8. The van der Waals surface area contributed by atoms with E-state index in [4.69, 9.17) is 21.3 Å². The van der Waals surface area contributed by atoms with Crippen LogP contribution in [-0.2, 0) is 30.5 Å². The predicted molar refractivity (Wildman–Crippen MR) is 112 cm³/mol. The minimum absolute atomic E-state index is 0.103. The molecule has 5 amide bonds. The van der Waals surface area contributed by atoms with Crippen LogP contribution in [0.3, 0.4) is 0 Å². The lowest BCUT2D eigenvalue weighted by molar-refractivity contribution is -0.150. The summed E-state index contributed by atoms with van der Waals surface area (Å²) in [6.07, 6.45) is -2.01. The standard InChI is InChI=1S/C19H28N6O8/c1-10(27)15(18(31)33-9-11-5-3-2-4-6-11)23-19(32)22-13(7-14(21)28)17(30)25-24-16(29)12(20)8-26/h2-6,10,12-13,15,26-27H,7-9,20H2,1H3,(H2,21,28)(H,24,29)(H,25,30)(H2,22,23,32). The molecule has 0 spiro atoms. The van der Waals surface area contributed by atoms with Crippen molar-refractivity contribution >= 4 is 29.7 Å². The number of aliphatic hydroxyl groups is 2. The van der Waals surface area contributed by atoms with Crippen molar-refractivity contribution < 1.29 is 38.9 Å². The Morgan fingerprint density at radius 2 is 1.64 bits per heavy atom. The first-order valence-electron chi connectivity index (χ1n) is 9.75. The normalized spacial score (nSPS) is 14.1. The van der Waals surface area contributed by atoms with E-state index in [1.54, 1.807) is 30.3 Å². The van der Waals surface area contributed by atoms with Crippen LogP contribution in [0.25, 0.3) is 0 Å². The van der Waals surface area contributed by atoms with Crippen LogP contribution in [0.4, 0.5) is 4.79 Å². The lowest BCUT2D eigenvalue weighted by Gasteiger charge is -2.23. The maximum absolute atomic E-state index is 12.3. The summed E-state index contributed by atoms with van der Waals surface area (Å²) in [6, 6.07) is 3.23. The van der Waals surface area contributed by atoms with Crippen molar-refractivity contribution in [1.29, 1.82) is 0 Å². The van der Waals surface area contributed by atoms with Crippen LogP contribution >= 0.6 is 0 Å². The first-order chi connectivity index (χ1) is 15.5. The number of carbonyl (C=O) groups excluding carboxylic acids is 5. The lowest BCUT2D eigenvalue weighted by atomic mass is 10.1. The molecule has 1 aromatic carbocycles. The number of esters is 1. The molecule has 182 valence electrons. The number of rotatable bonds is 11. The zero-order chi connectivity index (χ0) is 25.0. The first kappa shape index (κ1) is 27.3. The van der Waals surface area contributed by atoms with Crippen LogP contribution in [0, 0.1) is 0 Å². The minimum Gasteiger partial charge on any atom is -0.459 e. The summed E-state index contributed by atoms with van der Waals surface area (Å²) >= 11 is 0. The molecule has 0 aliphatic rings. The van der Waals surface area contributed by atoms with Crippen molar-refractivity contribution in [1.82, 2.24) is 21.5 Å². The average Bonchev–Trinajstić information content (AvgIpc) is 2.78. The molecule has 0 radical (unpaired) electrons. The van der Waals surface area contributed by atoms with Gasteiger partial charge in [0, 0.05) is 0 Å². The van der Waals surface area contributed by atoms with Crippen LogP contribution in [0.2, 0.25) is 0 Å². The Bertz CT molecular complexity index is 835. The summed E-state index contributed by atoms with van der Waals surface area (Å²) in [4.78, 5) is 59.6. The molecule has 0 aliphatic carbocycles. The molecular weight excluding hydrogens is 440 g/mol. The fourth-order valence-corrected chi connectivity index (χ4v) is 2.33. The number of hydrazine groups is 1. The molecule has 0 fully saturated rings. The van der Waals surface area contributed by atoms with E-state index in [9.17, 15) is 29.1 Å². The van der Waals surface area contributed by atoms with Gasteiger partial charge in [0.2, 0.25) is 5.91 Å². The van der Waals surface area contributed by atoms with E-state index in [2.05, 4.69) is 10.6 Å². The highest BCUT2D eigenvalue weighted by Crippen LogP contribution is 2.04. The molecule has 10 N–H and O–H groups in total. The summed E-state index contributed by atoms with van der Waals surface area (Å²) in [6.45, 7) is 0.449. The molecule has 14 heteroatoms. The number of aliphatic hydroxyl groups excluding tert-OH is 2. The number of primary amides is 1. The van der Waals surface area contributed by atoms with Crippen molar-refractivity contribution in [3.8, 4) is 0 Å². The summed E-state index contributed by atoms with van der Waals surface area (Å²) in [5.74, 6) is -3.86. The number of urea groups is 1. The van der Waals surface area contributed by atoms with Crippen LogP contribution in [0.15, 0.2) is 30.3 Å². The molecule has 0 saturated heterocycles. The SMILES string of the molecule is CC(O)C(NC(=O)NC(CC(N)=O)C(=O)NNC(=O)C(N)CO)C(=O)OCc1ccccc1. The van der Waals surface area contributed by atoms with Crippen molar-refractivity contribution in [2.45, 2.75) is 44.2 Å². The van der Waals surface area contributed by atoms with Gasteiger partial charge in [-0.05, 0) is 12.5 Å². The largest absolute Gasteiger partial charge is 0.459 e. The van der Waals surface area contributed by atoms with E-state index in [1.807, 2.05) is 10.9 Å². The van der Waals surface area contributed by atoms with Gasteiger partial charge in [0.1, 0.15) is 18.7 Å². The second-order valence-electron chi connectivity index (χ2n) is 6.92. The molecule has 1 rings (SSSR count). The third-order valence-corrected chi connectivity index (χ3v) is 4.12. The van der Waals surface area contributed by atoms with Crippen molar-refractivity contribution in [2.75, 3.05) is 6.61 Å². The minimum atomic E-state index is -1.55. The Morgan fingerprint density at radius 1 is 1.03 bits per heavy atom. The summed E-state index contributed by atoms with van der Waals surface area (Å²) in [5, 5.41) is 22.9. The molecule has 4 unspecified atom stereocenters. The van der Waals surface area contributed by atoms with Gasteiger partial charge in [-0.25, -0.2) is 9.59 Å². The van der Waals surface area contributed by atoms with Crippen molar-refractivity contribution in [2.24, 2.45) is 11.5 Å². The summed E-state index contributed by atoms with van der Waals surface area (Å²) in [7, 11) is 0. The fraction of sp³-hybridized carbons (Fsp3) is 0.421. The summed E-state index contributed by atoms with van der Waals surface area (Å²) in [5.41, 5.74) is 14.9. The number of amides is 5. The van der Waals surface area contributed by atoms with E-state index in [0.29, 0.717) is 5.56 Å². The number of ether oxygens (including phenoxy) is 1. The van der Waals surface area contributed by atoms with Gasteiger partial charge in [-0.2, -0.15) is 0 Å². The van der Waals surface area contributed by atoms with Gasteiger partial charge >= 0.3 is 12.0 Å². The highest BCUT2D eigenvalue weighted by atomic mass is 16.5. The number of nitrogens with one attached hydrogen (secondary N) is 4. The van der Waals surface area contributed by atoms with E-state index in [-0.39, 0.29) is 6.61 Å². The van der Waals surface area contributed by atoms with E-state index < -0.39 is 67.0 Å². The van der Waals surface area contributed by atoms with Crippen LogP contribution in [0.5, 0.6) is 0 Å². The molecule has 1 aromatic rings.